The molecule has 0 radical (unpaired) electrons. The SMILES string of the molecule is CCCCCCCCC=CCCCCCCCCNc1ccc(CC(=O)Cl)cc1. The van der Waals surface area contributed by atoms with Crippen LogP contribution in [-0.2, 0) is 11.2 Å². The molecular formula is C26H42ClNO. The van der Waals surface area contributed by atoms with Crippen LogP contribution >= 0.6 is 11.6 Å². The fraction of sp³-hybridized carbons (Fsp3) is 0.654. The van der Waals surface area contributed by atoms with Gasteiger partial charge in [-0.1, -0.05) is 89.0 Å². The number of hydrogen-bond acceptors (Lipinski definition) is 2. The van der Waals surface area contributed by atoms with Crippen molar-refractivity contribution in [2.45, 2.75) is 103 Å². The molecule has 0 bridgehead atoms. The van der Waals surface area contributed by atoms with Crippen molar-refractivity contribution >= 4 is 22.5 Å². The highest BCUT2D eigenvalue weighted by Crippen LogP contribution is 2.13. The number of rotatable bonds is 19. The Balaban J connectivity index is 1.85. The molecule has 0 aliphatic carbocycles. The van der Waals surface area contributed by atoms with E-state index in [4.69, 9.17) is 11.6 Å². The number of unbranched alkanes of at least 4 members (excludes halogenated alkanes) is 12. The van der Waals surface area contributed by atoms with Crippen LogP contribution in [-0.4, -0.2) is 11.8 Å². The second kappa shape index (κ2) is 18.7. The van der Waals surface area contributed by atoms with Crippen molar-refractivity contribution in [1.82, 2.24) is 0 Å². The van der Waals surface area contributed by atoms with Crippen LogP contribution in [0.25, 0.3) is 0 Å². The summed E-state index contributed by atoms with van der Waals surface area (Å²) in [5.41, 5.74) is 2.08. The third-order valence-electron chi connectivity index (χ3n) is 5.31. The Labute approximate surface area is 184 Å². The van der Waals surface area contributed by atoms with Crippen molar-refractivity contribution in [3.63, 3.8) is 0 Å². The van der Waals surface area contributed by atoms with Gasteiger partial charge in [0.2, 0.25) is 5.24 Å². The van der Waals surface area contributed by atoms with Gasteiger partial charge in [-0.3, -0.25) is 4.79 Å². The summed E-state index contributed by atoms with van der Waals surface area (Å²) in [5.74, 6) is 0. The minimum atomic E-state index is -0.310. The highest BCUT2D eigenvalue weighted by atomic mass is 35.5. The Morgan fingerprint density at radius 3 is 1.86 bits per heavy atom. The van der Waals surface area contributed by atoms with Gasteiger partial charge < -0.3 is 5.32 Å². The Hall–Kier alpha value is -1.28. The number of nitrogens with one attached hydrogen (secondary N) is 1. The minimum Gasteiger partial charge on any atom is -0.385 e. The highest BCUT2D eigenvalue weighted by Gasteiger charge is 1.99. The third kappa shape index (κ3) is 16.2. The molecule has 164 valence electrons. The molecule has 0 saturated heterocycles. The molecule has 0 atom stereocenters. The number of benzene rings is 1. The molecule has 3 heteroatoms. The first-order chi connectivity index (χ1) is 14.2. The van der Waals surface area contributed by atoms with E-state index in [1.165, 1.54) is 89.9 Å². The van der Waals surface area contributed by atoms with Crippen LogP contribution in [0.2, 0.25) is 0 Å². The zero-order valence-electron chi connectivity index (χ0n) is 18.6. The number of anilines is 1. The summed E-state index contributed by atoms with van der Waals surface area (Å²) in [7, 11) is 0. The predicted octanol–water partition coefficient (Wildman–Crippen LogP) is 8.44. The predicted molar refractivity (Wildman–Crippen MR) is 129 cm³/mol. The standard InChI is InChI=1S/C26H42ClNO/c1-2-3-4-5-6-7-8-9-10-11-12-13-14-15-16-17-22-28-25-20-18-24(19-21-25)23-26(27)29/h9-10,18-21,28H,2-8,11-17,22-23H2,1H3. The van der Waals surface area contributed by atoms with Crippen LogP contribution in [0.5, 0.6) is 0 Å². The maximum absolute atomic E-state index is 10.9. The van der Waals surface area contributed by atoms with Gasteiger partial charge in [0.15, 0.2) is 0 Å². The monoisotopic (exact) mass is 419 g/mol. The van der Waals surface area contributed by atoms with E-state index in [1.54, 1.807) is 0 Å². The lowest BCUT2D eigenvalue weighted by Crippen LogP contribution is -2.01. The molecule has 2 nitrogen and oxygen atoms in total. The molecule has 1 rings (SSSR count). The summed E-state index contributed by atoms with van der Waals surface area (Å²) in [4.78, 5) is 10.9. The molecule has 0 fully saturated rings. The lowest BCUT2D eigenvalue weighted by Gasteiger charge is -2.07. The number of allylic oxidation sites excluding steroid dienone is 2. The van der Waals surface area contributed by atoms with E-state index >= 15 is 0 Å². The summed E-state index contributed by atoms with van der Waals surface area (Å²) < 4.78 is 0. The molecule has 1 aromatic rings. The first kappa shape index (κ1) is 25.8. The smallest absolute Gasteiger partial charge is 0.226 e. The van der Waals surface area contributed by atoms with Gasteiger partial charge in [0, 0.05) is 18.7 Å². The Bertz CT molecular complexity index is 538. The Morgan fingerprint density at radius 1 is 0.793 bits per heavy atom. The van der Waals surface area contributed by atoms with Crippen molar-refractivity contribution in [2.75, 3.05) is 11.9 Å². The van der Waals surface area contributed by atoms with Gasteiger partial charge in [0.25, 0.3) is 0 Å². The van der Waals surface area contributed by atoms with Crippen LogP contribution in [0.3, 0.4) is 0 Å². The largest absolute Gasteiger partial charge is 0.385 e. The molecule has 0 aromatic heterocycles. The van der Waals surface area contributed by atoms with E-state index < -0.39 is 0 Å². The lowest BCUT2D eigenvalue weighted by atomic mass is 10.1. The normalized spacial score (nSPS) is 11.2. The van der Waals surface area contributed by atoms with Gasteiger partial charge in [-0.15, -0.1) is 0 Å². The van der Waals surface area contributed by atoms with E-state index in [-0.39, 0.29) is 5.24 Å². The molecule has 0 spiro atoms. The van der Waals surface area contributed by atoms with Crippen molar-refractivity contribution in [2.24, 2.45) is 0 Å². The van der Waals surface area contributed by atoms with Gasteiger partial charge in [0.1, 0.15) is 0 Å². The maximum atomic E-state index is 10.9. The molecule has 0 unspecified atom stereocenters. The number of halogens is 1. The molecule has 0 aliphatic heterocycles. The molecule has 29 heavy (non-hydrogen) atoms. The first-order valence-electron chi connectivity index (χ1n) is 11.9. The Morgan fingerprint density at radius 2 is 1.31 bits per heavy atom. The Kier molecular flexibility index (Phi) is 16.6. The molecule has 1 aromatic carbocycles. The van der Waals surface area contributed by atoms with E-state index in [0.717, 1.165) is 17.8 Å². The fourth-order valence-electron chi connectivity index (χ4n) is 3.51. The molecular weight excluding hydrogens is 378 g/mol. The van der Waals surface area contributed by atoms with Crippen LogP contribution in [0, 0.1) is 0 Å². The number of carbonyl (C=O) groups excluding carboxylic acids is 1. The quantitative estimate of drug-likeness (QED) is 0.138. The zero-order valence-corrected chi connectivity index (χ0v) is 19.3. The lowest BCUT2D eigenvalue weighted by molar-refractivity contribution is -0.111. The second-order valence-corrected chi connectivity index (χ2v) is 8.52. The summed E-state index contributed by atoms with van der Waals surface area (Å²) in [5, 5.41) is 3.14. The topological polar surface area (TPSA) is 29.1 Å². The van der Waals surface area contributed by atoms with E-state index in [2.05, 4.69) is 24.4 Å². The van der Waals surface area contributed by atoms with Crippen LogP contribution < -0.4 is 5.32 Å². The van der Waals surface area contributed by atoms with Gasteiger partial charge in [-0.25, -0.2) is 0 Å². The number of carbonyl (C=O) groups is 1. The van der Waals surface area contributed by atoms with Crippen LogP contribution in [0.1, 0.15) is 102 Å². The van der Waals surface area contributed by atoms with Crippen molar-refractivity contribution in [3.8, 4) is 0 Å². The average Bonchev–Trinajstić information content (AvgIpc) is 2.71. The van der Waals surface area contributed by atoms with Crippen molar-refractivity contribution in [1.29, 1.82) is 0 Å². The van der Waals surface area contributed by atoms with Crippen molar-refractivity contribution in [3.05, 3.63) is 42.0 Å². The van der Waals surface area contributed by atoms with Gasteiger partial charge in [0.05, 0.1) is 0 Å². The average molecular weight is 420 g/mol. The first-order valence-corrected chi connectivity index (χ1v) is 12.3. The minimum absolute atomic E-state index is 0.302. The maximum Gasteiger partial charge on any atom is 0.226 e. The molecule has 0 heterocycles. The number of hydrogen-bond donors (Lipinski definition) is 1. The van der Waals surface area contributed by atoms with E-state index in [1.807, 2.05) is 24.3 Å². The van der Waals surface area contributed by atoms with Gasteiger partial charge >= 0.3 is 0 Å². The zero-order chi connectivity index (χ0) is 21.0. The molecule has 1 N–H and O–H groups in total. The highest BCUT2D eigenvalue weighted by molar-refractivity contribution is 6.63. The molecule has 0 aliphatic rings. The van der Waals surface area contributed by atoms with Gasteiger partial charge in [-0.2, -0.15) is 0 Å². The van der Waals surface area contributed by atoms with Crippen LogP contribution in [0.15, 0.2) is 36.4 Å². The fourth-order valence-corrected chi connectivity index (χ4v) is 3.66. The van der Waals surface area contributed by atoms with Crippen molar-refractivity contribution < 1.29 is 4.79 Å². The summed E-state index contributed by atoms with van der Waals surface area (Å²) in [6.07, 6.45) is 23.8. The molecule has 0 saturated carbocycles. The summed E-state index contributed by atoms with van der Waals surface area (Å²) >= 11 is 5.41. The third-order valence-corrected chi connectivity index (χ3v) is 5.45. The van der Waals surface area contributed by atoms with Gasteiger partial charge in [-0.05, 0) is 61.4 Å². The van der Waals surface area contributed by atoms with E-state index in [9.17, 15) is 4.79 Å². The summed E-state index contributed by atoms with van der Waals surface area (Å²) in [6.45, 7) is 3.28. The van der Waals surface area contributed by atoms with E-state index in [0.29, 0.717) is 6.42 Å². The molecule has 0 amide bonds. The van der Waals surface area contributed by atoms with Crippen LogP contribution in [0.4, 0.5) is 5.69 Å². The second-order valence-electron chi connectivity index (χ2n) is 8.09. The summed E-state index contributed by atoms with van der Waals surface area (Å²) in [6, 6.07) is 7.97.